The van der Waals surface area contributed by atoms with Crippen molar-refractivity contribution >= 4 is 15.7 Å². The third kappa shape index (κ3) is 4.68. The van der Waals surface area contributed by atoms with Crippen molar-refractivity contribution in [1.82, 2.24) is 5.32 Å². The first-order chi connectivity index (χ1) is 12.8. The maximum Gasteiger partial charge on any atom is 0.229 e. The van der Waals surface area contributed by atoms with E-state index >= 15 is 0 Å². The van der Waals surface area contributed by atoms with E-state index in [2.05, 4.69) is 36.0 Å². The number of piperidine rings is 1. The predicted molar refractivity (Wildman–Crippen MR) is 114 cm³/mol. The molecule has 2 bridgehead atoms. The molecule has 5 heteroatoms. The first-order valence-corrected chi connectivity index (χ1v) is 12.5. The highest BCUT2D eigenvalue weighted by molar-refractivity contribution is 7.92. The van der Waals surface area contributed by atoms with Gasteiger partial charge in [0.15, 0.2) is 0 Å². The van der Waals surface area contributed by atoms with Gasteiger partial charge in [-0.1, -0.05) is 51.7 Å². The van der Waals surface area contributed by atoms with E-state index in [4.69, 9.17) is 0 Å². The predicted octanol–water partition coefficient (Wildman–Crippen LogP) is 4.82. The largest absolute Gasteiger partial charge is 0.311 e. The molecule has 1 aromatic carbocycles. The summed E-state index contributed by atoms with van der Waals surface area (Å²) in [5.41, 5.74) is 2.42. The standard InChI is InChI=1S/C22H36N2O2S/c1-4-5-6-9-18(2)22-13-8-12-21(17-22,14-15-23-22)19-10-7-11-20(16-19)24-27(3,25)26/h7,10-11,16,18,23-24H,4-6,8-9,12-15,17H2,1-3H3. The second-order valence-electron chi connectivity index (χ2n) is 9.00. The molecular weight excluding hydrogens is 356 g/mol. The lowest BCUT2D eigenvalue weighted by atomic mass is 9.56. The van der Waals surface area contributed by atoms with Crippen LogP contribution in [-0.2, 0) is 15.4 Å². The van der Waals surface area contributed by atoms with Crippen molar-refractivity contribution in [2.75, 3.05) is 17.5 Å². The lowest BCUT2D eigenvalue weighted by Gasteiger charge is -2.56. The fourth-order valence-electron chi connectivity index (χ4n) is 5.53. The zero-order chi connectivity index (χ0) is 19.5. The van der Waals surface area contributed by atoms with Crippen molar-refractivity contribution in [3.8, 4) is 0 Å². The minimum atomic E-state index is -3.25. The summed E-state index contributed by atoms with van der Waals surface area (Å²) in [6, 6.07) is 8.13. The smallest absolute Gasteiger partial charge is 0.229 e. The zero-order valence-electron chi connectivity index (χ0n) is 17.2. The molecule has 1 saturated carbocycles. The van der Waals surface area contributed by atoms with Crippen LogP contribution in [0.1, 0.15) is 77.2 Å². The fourth-order valence-corrected chi connectivity index (χ4v) is 6.08. The molecule has 152 valence electrons. The van der Waals surface area contributed by atoms with Gasteiger partial charge in [-0.15, -0.1) is 0 Å². The van der Waals surface area contributed by atoms with Crippen LogP contribution in [0, 0.1) is 5.92 Å². The molecule has 2 aliphatic rings. The van der Waals surface area contributed by atoms with Gasteiger partial charge in [-0.05, 0) is 67.7 Å². The molecule has 1 saturated heterocycles. The summed E-state index contributed by atoms with van der Waals surface area (Å²) in [6.07, 6.45) is 12.5. The summed E-state index contributed by atoms with van der Waals surface area (Å²) >= 11 is 0. The Morgan fingerprint density at radius 1 is 1.22 bits per heavy atom. The molecule has 1 aliphatic carbocycles. The second-order valence-corrected chi connectivity index (χ2v) is 10.7. The summed E-state index contributed by atoms with van der Waals surface area (Å²) in [6.45, 7) is 5.76. The van der Waals surface area contributed by atoms with Crippen molar-refractivity contribution in [2.24, 2.45) is 5.92 Å². The quantitative estimate of drug-likeness (QED) is 0.624. The van der Waals surface area contributed by atoms with Crippen LogP contribution in [0.4, 0.5) is 5.69 Å². The Labute approximate surface area is 165 Å². The van der Waals surface area contributed by atoms with Crippen molar-refractivity contribution in [2.45, 2.75) is 82.6 Å². The minimum Gasteiger partial charge on any atom is -0.311 e. The Hall–Kier alpha value is -1.07. The zero-order valence-corrected chi connectivity index (χ0v) is 18.0. The number of rotatable bonds is 8. The topological polar surface area (TPSA) is 58.2 Å². The molecule has 3 atom stereocenters. The van der Waals surface area contributed by atoms with Crippen molar-refractivity contribution in [1.29, 1.82) is 0 Å². The molecule has 0 radical (unpaired) electrons. The van der Waals surface area contributed by atoms with Crippen LogP contribution in [0.25, 0.3) is 0 Å². The van der Waals surface area contributed by atoms with E-state index in [-0.39, 0.29) is 11.0 Å². The van der Waals surface area contributed by atoms with E-state index in [1.165, 1.54) is 63.2 Å². The summed E-state index contributed by atoms with van der Waals surface area (Å²) in [5, 5.41) is 3.93. The maximum atomic E-state index is 11.6. The molecular formula is C22H36N2O2S. The third-order valence-electron chi connectivity index (χ3n) is 6.97. The summed E-state index contributed by atoms with van der Waals surface area (Å²) in [5.74, 6) is 0.682. The molecule has 3 unspecified atom stereocenters. The molecule has 0 amide bonds. The number of hydrogen-bond donors (Lipinski definition) is 2. The summed E-state index contributed by atoms with van der Waals surface area (Å²) < 4.78 is 25.9. The fraction of sp³-hybridized carbons (Fsp3) is 0.727. The first kappa shape index (κ1) is 20.7. The van der Waals surface area contributed by atoms with Gasteiger partial charge < -0.3 is 5.32 Å². The van der Waals surface area contributed by atoms with Gasteiger partial charge in [0.05, 0.1) is 6.26 Å². The summed E-state index contributed by atoms with van der Waals surface area (Å²) in [7, 11) is -3.25. The molecule has 0 spiro atoms. The molecule has 2 N–H and O–H groups in total. The SMILES string of the molecule is CCCCCC(C)C12CCCC(c3cccc(NS(C)(=O)=O)c3)(CCN1)C2. The molecule has 3 rings (SSSR count). The number of fused-ring (bicyclic) bond motifs is 2. The maximum absolute atomic E-state index is 11.6. The van der Waals surface area contributed by atoms with Crippen molar-refractivity contribution in [3.63, 3.8) is 0 Å². The second kappa shape index (κ2) is 8.12. The Morgan fingerprint density at radius 2 is 2.04 bits per heavy atom. The van der Waals surface area contributed by atoms with Crippen molar-refractivity contribution in [3.05, 3.63) is 29.8 Å². The van der Waals surface area contributed by atoms with Crippen LogP contribution in [0.5, 0.6) is 0 Å². The lowest BCUT2D eigenvalue weighted by molar-refractivity contribution is 0.0521. The van der Waals surface area contributed by atoms with Crippen LogP contribution >= 0.6 is 0 Å². The van der Waals surface area contributed by atoms with E-state index < -0.39 is 10.0 Å². The first-order valence-electron chi connectivity index (χ1n) is 10.6. The number of hydrogen-bond acceptors (Lipinski definition) is 3. The highest BCUT2D eigenvalue weighted by Gasteiger charge is 2.50. The van der Waals surface area contributed by atoms with E-state index in [0.717, 1.165) is 13.0 Å². The Morgan fingerprint density at radius 3 is 2.78 bits per heavy atom. The van der Waals surface area contributed by atoms with Crippen LogP contribution in [0.3, 0.4) is 0 Å². The van der Waals surface area contributed by atoms with Gasteiger partial charge in [0.25, 0.3) is 0 Å². The molecule has 0 aromatic heterocycles. The van der Waals surface area contributed by atoms with Crippen LogP contribution in [0.2, 0.25) is 0 Å². The minimum absolute atomic E-state index is 0.178. The van der Waals surface area contributed by atoms with Crippen LogP contribution in [0.15, 0.2) is 24.3 Å². The van der Waals surface area contributed by atoms with Gasteiger partial charge in [-0.2, -0.15) is 0 Å². The molecule has 2 fully saturated rings. The van der Waals surface area contributed by atoms with Gasteiger partial charge in [-0.3, -0.25) is 4.72 Å². The molecule has 1 heterocycles. The number of benzene rings is 1. The Balaban J connectivity index is 1.84. The van der Waals surface area contributed by atoms with E-state index in [1.807, 2.05) is 12.1 Å². The van der Waals surface area contributed by atoms with Gasteiger partial charge >= 0.3 is 0 Å². The van der Waals surface area contributed by atoms with E-state index in [9.17, 15) is 8.42 Å². The highest BCUT2D eigenvalue weighted by atomic mass is 32.2. The monoisotopic (exact) mass is 392 g/mol. The van der Waals surface area contributed by atoms with E-state index in [0.29, 0.717) is 11.6 Å². The Bertz CT molecular complexity index is 734. The number of sulfonamides is 1. The number of anilines is 1. The number of unbranched alkanes of at least 4 members (excludes halogenated alkanes) is 2. The average molecular weight is 393 g/mol. The average Bonchev–Trinajstić information content (AvgIpc) is 2.61. The van der Waals surface area contributed by atoms with Gasteiger partial charge in [-0.25, -0.2) is 8.42 Å². The third-order valence-corrected chi connectivity index (χ3v) is 7.58. The lowest BCUT2D eigenvalue weighted by Crippen LogP contribution is -2.61. The van der Waals surface area contributed by atoms with Crippen LogP contribution < -0.4 is 10.0 Å². The Kier molecular flexibility index (Phi) is 6.21. The molecule has 27 heavy (non-hydrogen) atoms. The molecule has 4 nitrogen and oxygen atoms in total. The van der Waals surface area contributed by atoms with E-state index in [1.54, 1.807) is 0 Å². The van der Waals surface area contributed by atoms with Crippen molar-refractivity contribution < 1.29 is 8.42 Å². The van der Waals surface area contributed by atoms with Gasteiger partial charge in [0.1, 0.15) is 0 Å². The highest BCUT2D eigenvalue weighted by Crippen LogP contribution is 2.52. The molecule has 1 aliphatic heterocycles. The van der Waals surface area contributed by atoms with Gasteiger partial charge in [0.2, 0.25) is 10.0 Å². The van der Waals surface area contributed by atoms with Crippen LogP contribution in [-0.4, -0.2) is 26.8 Å². The van der Waals surface area contributed by atoms with Gasteiger partial charge in [0, 0.05) is 11.2 Å². The molecule has 1 aromatic rings. The normalized spacial score (nSPS) is 29.3. The number of nitrogens with one attached hydrogen (secondary N) is 2. The summed E-state index contributed by atoms with van der Waals surface area (Å²) in [4.78, 5) is 0.